The van der Waals surface area contributed by atoms with Crippen LogP contribution >= 0.6 is 0 Å². The summed E-state index contributed by atoms with van der Waals surface area (Å²) in [6, 6.07) is 4.01. The lowest BCUT2D eigenvalue weighted by Gasteiger charge is -2.13. The molecule has 1 unspecified atom stereocenters. The van der Waals surface area contributed by atoms with Gasteiger partial charge in [0.15, 0.2) is 0 Å². The van der Waals surface area contributed by atoms with Gasteiger partial charge in [0, 0.05) is 28.1 Å². The molecule has 0 spiro atoms. The van der Waals surface area contributed by atoms with Crippen molar-refractivity contribution in [3.05, 3.63) is 12.2 Å². The standard InChI is InChI=1S/C14H28O3Si/c1-5-10-18(12-9-16-4)11-7-6-8-17-14(15)13(2)3/h18H,2,5-12H2,1,3-4H3. The van der Waals surface area contributed by atoms with Gasteiger partial charge in [-0.05, 0) is 19.4 Å². The molecule has 0 aromatic carbocycles. The Balaban J connectivity index is 3.59. The number of ether oxygens (including phenoxy) is 2. The van der Waals surface area contributed by atoms with Crippen LogP contribution in [0.4, 0.5) is 0 Å². The monoisotopic (exact) mass is 272 g/mol. The van der Waals surface area contributed by atoms with E-state index in [1.54, 1.807) is 14.0 Å². The van der Waals surface area contributed by atoms with Crippen LogP contribution in [0.5, 0.6) is 0 Å². The van der Waals surface area contributed by atoms with Gasteiger partial charge >= 0.3 is 5.97 Å². The van der Waals surface area contributed by atoms with Crippen molar-refractivity contribution in [2.45, 2.75) is 51.2 Å². The molecule has 0 fully saturated rings. The third-order valence-corrected chi connectivity index (χ3v) is 6.69. The highest BCUT2D eigenvalue weighted by Gasteiger charge is 2.09. The Morgan fingerprint density at radius 1 is 1.17 bits per heavy atom. The predicted molar refractivity (Wildman–Crippen MR) is 78.7 cm³/mol. The Kier molecular flexibility index (Phi) is 11.1. The lowest BCUT2D eigenvalue weighted by atomic mass is 10.3. The van der Waals surface area contributed by atoms with Crippen LogP contribution in [0.2, 0.25) is 18.1 Å². The number of rotatable bonds is 11. The van der Waals surface area contributed by atoms with E-state index >= 15 is 0 Å². The van der Waals surface area contributed by atoms with Gasteiger partial charge in [0.25, 0.3) is 0 Å². The summed E-state index contributed by atoms with van der Waals surface area (Å²) in [4.78, 5) is 11.2. The molecule has 0 aliphatic rings. The van der Waals surface area contributed by atoms with Crippen LogP contribution < -0.4 is 0 Å². The van der Waals surface area contributed by atoms with E-state index < -0.39 is 8.80 Å². The molecule has 1 atom stereocenters. The molecule has 0 rings (SSSR count). The minimum absolute atomic E-state index is 0.267. The first-order chi connectivity index (χ1) is 8.61. The molecule has 0 bridgehead atoms. The molecule has 0 radical (unpaired) electrons. The SMILES string of the molecule is C=C(C)C(=O)OCCCC[SiH](CCC)CCOC. The lowest BCUT2D eigenvalue weighted by Crippen LogP contribution is -2.14. The second-order valence-electron chi connectivity index (χ2n) is 4.85. The normalized spacial score (nSPS) is 12.2. The molecule has 106 valence electrons. The van der Waals surface area contributed by atoms with E-state index in [2.05, 4.69) is 13.5 Å². The highest BCUT2D eigenvalue weighted by molar-refractivity contribution is 6.58. The van der Waals surface area contributed by atoms with Crippen LogP contribution in [0.25, 0.3) is 0 Å². The molecule has 4 heteroatoms. The zero-order chi connectivity index (χ0) is 13.8. The maximum absolute atomic E-state index is 11.2. The molecule has 0 aromatic rings. The average molecular weight is 272 g/mol. The predicted octanol–water partition coefficient (Wildman–Crippen LogP) is 3.17. The molecular formula is C14H28O3Si. The van der Waals surface area contributed by atoms with Crippen molar-refractivity contribution in [3.63, 3.8) is 0 Å². The highest BCUT2D eigenvalue weighted by Crippen LogP contribution is 2.12. The Labute approximate surface area is 113 Å². The summed E-state index contributed by atoms with van der Waals surface area (Å²) in [6.45, 7) is 8.92. The lowest BCUT2D eigenvalue weighted by molar-refractivity contribution is -0.139. The fourth-order valence-corrected chi connectivity index (χ4v) is 5.07. The fraction of sp³-hybridized carbons (Fsp3) is 0.786. The maximum atomic E-state index is 11.2. The number of carbonyl (C=O) groups is 1. The van der Waals surface area contributed by atoms with Crippen molar-refractivity contribution < 1.29 is 14.3 Å². The van der Waals surface area contributed by atoms with Crippen molar-refractivity contribution in [2.24, 2.45) is 0 Å². The van der Waals surface area contributed by atoms with Gasteiger partial charge in [-0.15, -0.1) is 0 Å². The first-order valence-corrected chi connectivity index (χ1v) is 9.38. The second-order valence-corrected chi connectivity index (χ2v) is 8.31. The van der Waals surface area contributed by atoms with Crippen molar-refractivity contribution in [3.8, 4) is 0 Å². The number of carbonyl (C=O) groups excluding carboxylic acids is 1. The Morgan fingerprint density at radius 2 is 1.89 bits per heavy atom. The summed E-state index contributed by atoms with van der Waals surface area (Å²) in [5.41, 5.74) is 0.480. The van der Waals surface area contributed by atoms with Gasteiger partial charge in [0.1, 0.15) is 0 Å². The molecule has 0 aromatic heterocycles. The van der Waals surface area contributed by atoms with Gasteiger partial charge in [0.05, 0.1) is 6.61 Å². The van der Waals surface area contributed by atoms with E-state index in [0.717, 1.165) is 13.0 Å². The molecular weight excluding hydrogens is 244 g/mol. The summed E-state index contributed by atoms with van der Waals surface area (Å²) in [5, 5.41) is 0. The largest absolute Gasteiger partial charge is 0.462 e. The topological polar surface area (TPSA) is 35.5 Å². The minimum Gasteiger partial charge on any atom is -0.462 e. The van der Waals surface area contributed by atoms with Crippen LogP contribution in [0, 0.1) is 0 Å². The summed E-state index contributed by atoms with van der Waals surface area (Å²) < 4.78 is 10.2. The number of unbranched alkanes of at least 4 members (excludes halogenated alkanes) is 1. The summed E-state index contributed by atoms with van der Waals surface area (Å²) >= 11 is 0. The van der Waals surface area contributed by atoms with Gasteiger partial charge in [0.2, 0.25) is 0 Å². The van der Waals surface area contributed by atoms with Gasteiger partial charge in [-0.25, -0.2) is 4.79 Å². The molecule has 0 saturated heterocycles. The average Bonchev–Trinajstić information content (AvgIpc) is 2.34. The van der Waals surface area contributed by atoms with Crippen molar-refractivity contribution in [1.29, 1.82) is 0 Å². The van der Waals surface area contributed by atoms with Crippen LogP contribution in [-0.4, -0.2) is 35.1 Å². The van der Waals surface area contributed by atoms with Crippen LogP contribution in [0.15, 0.2) is 12.2 Å². The number of hydrogen-bond donors (Lipinski definition) is 0. The van der Waals surface area contributed by atoms with E-state index in [1.807, 2.05) is 0 Å². The van der Waals surface area contributed by atoms with Crippen molar-refractivity contribution in [2.75, 3.05) is 20.3 Å². The maximum Gasteiger partial charge on any atom is 0.333 e. The number of hydrogen-bond acceptors (Lipinski definition) is 3. The zero-order valence-electron chi connectivity index (χ0n) is 12.2. The third-order valence-electron chi connectivity index (χ3n) is 3.02. The third kappa shape index (κ3) is 9.42. The summed E-state index contributed by atoms with van der Waals surface area (Å²) in [6.07, 6.45) is 3.43. The van der Waals surface area contributed by atoms with Gasteiger partial charge < -0.3 is 9.47 Å². The molecule has 3 nitrogen and oxygen atoms in total. The minimum atomic E-state index is -0.621. The Hall–Kier alpha value is -0.613. The summed E-state index contributed by atoms with van der Waals surface area (Å²) in [5.74, 6) is -0.267. The Bertz CT molecular complexity index is 241. The number of methoxy groups -OCH3 is 1. The first-order valence-electron chi connectivity index (χ1n) is 6.93. The van der Waals surface area contributed by atoms with Crippen LogP contribution in [0.3, 0.4) is 0 Å². The quantitative estimate of drug-likeness (QED) is 0.251. The molecule has 0 aliphatic carbocycles. The molecule has 0 amide bonds. The van der Waals surface area contributed by atoms with E-state index in [1.165, 1.54) is 31.0 Å². The highest BCUT2D eigenvalue weighted by atomic mass is 28.3. The van der Waals surface area contributed by atoms with Gasteiger partial charge in [-0.1, -0.05) is 38.4 Å². The van der Waals surface area contributed by atoms with Crippen molar-refractivity contribution in [1.82, 2.24) is 0 Å². The second kappa shape index (κ2) is 11.5. The van der Waals surface area contributed by atoms with E-state index in [4.69, 9.17) is 9.47 Å². The van der Waals surface area contributed by atoms with Gasteiger partial charge in [-0.3, -0.25) is 0 Å². The Morgan fingerprint density at radius 3 is 2.44 bits per heavy atom. The molecule has 0 aliphatic heterocycles. The molecule has 0 N–H and O–H groups in total. The molecule has 0 saturated carbocycles. The first kappa shape index (κ1) is 17.4. The fourth-order valence-electron chi connectivity index (χ4n) is 1.95. The smallest absolute Gasteiger partial charge is 0.333 e. The van der Waals surface area contributed by atoms with Crippen molar-refractivity contribution >= 4 is 14.8 Å². The molecule has 18 heavy (non-hydrogen) atoms. The van der Waals surface area contributed by atoms with E-state index in [-0.39, 0.29) is 5.97 Å². The molecule has 0 heterocycles. The van der Waals surface area contributed by atoms with Crippen LogP contribution in [0.1, 0.15) is 33.1 Å². The summed E-state index contributed by atoms with van der Waals surface area (Å²) in [7, 11) is 1.15. The van der Waals surface area contributed by atoms with Gasteiger partial charge in [-0.2, -0.15) is 0 Å². The van der Waals surface area contributed by atoms with Crippen LogP contribution in [-0.2, 0) is 14.3 Å². The zero-order valence-corrected chi connectivity index (χ0v) is 13.3. The van der Waals surface area contributed by atoms with E-state index in [0.29, 0.717) is 12.2 Å². The van der Waals surface area contributed by atoms with E-state index in [9.17, 15) is 4.79 Å². The number of esters is 1.